The molecule has 0 radical (unpaired) electrons. The highest BCUT2D eigenvalue weighted by molar-refractivity contribution is 5.93. The first-order chi connectivity index (χ1) is 10.5. The Kier molecular flexibility index (Phi) is 5.32. The van der Waals surface area contributed by atoms with E-state index in [1.54, 1.807) is 30.9 Å². The monoisotopic (exact) mass is 307 g/mol. The summed E-state index contributed by atoms with van der Waals surface area (Å²) in [7, 11) is 0. The third-order valence-corrected chi connectivity index (χ3v) is 3.32. The maximum atomic E-state index is 12.3. The van der Waals surface area contributed by atoms with E-state index in [0.29, 0.717) is 37.3 Å². The van der Waals surface area contributed by atoms with Gasteiger partial charge in [0.05, 0.1) is 24.1 Å². The summed E-state index contributed by atoms with van der Waals surface area (Å²) in [6, 6.07) is 3.18. The Bertz CT molecular complexity index is 522. The topological polar surface area (TPSA) is 91.8 Å². The fraction of sp³-hybridized carbons (Fsp3) is 0.533. The molecule has 1 aromatic heterocycles. The van der Waals surface area contributed by atoms with E-state index in [1.165, 1.54) is 6.20 Å². The lowest BCUT2D eigenvalue weighted by molar-refractivity contribution is 0.0541. The number of likely N-dealkylation sites (tertiary alicyclic amines) is 1. The van der Waals surface area contributed by atoms with Gasteiger partial charge in [0.15, 0.2) is 0 Å². The molecule has 0 aromatic carbocycles. The quantitative estimate of drug-likeness (QED) is 0.885. The standard InChI is InChI=1S/C15H21N3O4/c1-10(2)22-15(21)17-11-3-4-13(16-9-11)14(20)18-7-5-12(19)6-8-18/h3-4,9-10,12,19H,5-8H2,1-2H3,(H,17,21). The molecule has 120 valence electrons. The van der Waals surface area contributed by atoms with Crippen LogP contribution in [0.1, 0.15) is 37.2 Å². The van der Waals surface area contributed by atoms with Gasteiger partial charge >= 0.3 is 6.09 Å². The Morgan fingerprint density at radius 2 is 2.05 bits per heavy atom. The fourth-order valence-corrected chi connectivity index (χ4v) is 2.19. The van der Waals surface area contributed by atoms with Crippen LogP contribution in [0.25, 0.3) is 0 Å². The normalized spacial score (nSPS) is 15.7. The molecule has 0 atom stereocenters. The predicted octanol–water partition coefficient (Wildman–Crippen LogP) is 1.64. The second-order valence-corrected chi connectivity index (χ2v) is 5.53. The first-order valence-electron chi connectivity index (χ1n) is 7.36. The van der Waals surface area contributed by atoms with Crippen LogP contribution in [-0.2, 0) is 4.74 Å². The smallest absolute Gasteiger partial charge is 0.411 e. The third-order valence-electron chi connectivity index (χ3n) is 3.32. The Morgan fingerprint density at radius 3 is 2.59 bits per heavy atom. The molecule has 1 fully saturated rings. The molecule has 1 aliphatic heterocycles. The van der Waals surface area contributed by atoms with Crippen LogP contribution in [0.4, 0.5) is 10.5 Å². The van der Waals surface area contributed by atoms with Crippen molar-refractivity contribution in [3.05, 3.63) is 24.0 Å². The van der Waals surface area contributed by atoms with Crippen molar-refractivity contribution in [3.8, 4) is 0 Å². The zero-order valence-electron chi connectivity index (χ0n) is 12.8. The lowest BCUT2D eigenvalue weighted by Gasteiger charge is -2.29. The number of hydrogen-bond acceptors (Lipinski definition) is 5. The van der Waals surface area contributed by atoms with Crippen molar-refractivity contribution in [2.45, 2.75) is 38.9 Å². The zero-order chi connectivity index (χ0) is 16.1. The maximum absolute atomic E-state index is 12.3. The maximum Gasteiger partial charge on any atom is 0.411 e. The van der Waals surface area contributed by atoms with Crippen molar-refractivity contribution in [3.63, 3.8) is 0 Å². The van der Waals surface area contributed by atoms with Crippen LogP contribution >= 0.6 is 0 Å². The average Bonchev–Trinajstić information content (AvgIpc) is 2.47. The van der Waals surface area contributed by atoms with Gasteiger partial charge in [-0.2, -0.15) is 0 Å². The number of carbonyl (C=O) groups is 2. The Labute approximate surface area is 129 Å². The fourth-order valence-electron chi connectivity index (χ4n) is 2.19. The summed E-state index contributed by atoms with van der Waals surface area (Å²) in [5, 5.41) is 12.0. The summed E-state index contributed by atoms with van der Waals surface area (Å²) in [6.07, 6.45) is 1.52. The van der Waals surface area contributed by atoms with Crippen LogP contribution in [0.2, 0.25) is 0 Å². The summed E-state index contributed by atoms with van der Waals surface area (Å²) < 4.78 is 4.96. The summed E-state index contributed by atoms with van der Waals surface area (Å²) in [4.78, 5) is 29.5. The van der Waals surface area contributed by atoms with Crippen LogP contribution in [-0.4, -0.2) is 52.3 Å². The van der Waals surface area contributed by atoms with Gasteiger partial charge in [-0.25, -0.2) is 9.78 Å². The molecule has 0 bridgehead atoms. The summed E-state index contributed by atoms with van der Waals surface area (Å²) >= 11 is 0. The molecule has 0 spiro atoms. The van der Waals surface area contributed by atoms with Crippen LogP contribution in [0.3, 0.4) is 0 Å². The summed E-state index contributed by atoms with van der Waals surface area (Å²) in [5.74, 6) is -0.164. The van der Waals surface area contributed by atoms with Crippen molar-refractivity contribution >= 4 is 17.7 Å². The molecule has 1 aromatic rings. The number of aromatic nitrogens is 1. The van der Waals surface area contributed by atoms with Crippen molar-refractivity contribution in [2.75, 3.05) is 18.4 Å². The second kappa shape index (κ2) is 7.22. The van der Waals surface area contributed by atoms with E-state index in [2.05, 4.69) is 10.3 Å². The Balaban J connectivity index is 1.93. The van der Waals surface area contributed by atoms with Gasteiger partial charge in [-0.3, -0.25) is 10.1 Å². The van der Waals surface area contributed by atoms with Crippen LogP contribution in [0, 0.1) is 0 Å². The highest BCUT2D eigenvalue weighted by Crippen LogP contribution is 2.14. The number of rotatable bonds is 3. The van der Waals surface area contributed by atoms with E-state index in [0.717, 1.165) is 0 Å². The van der Waals surface area contributed by atoms with Gasteiger partial charge in [-0.15, -0.1) is 0 Å². The number of ether oxygens (including phenoxy) is 1. The number of carbonyl (C=O) groups excluding carboxylic acids is 2. The molecular weight excluding hydrogens is 286 g/mol. The molecule has 1 saturated heterocycles. The van der Waals surface area contributed by atoms with Gasteiger partial charge in [0, 0.05) is 13.1 Å². The minimum absolute atomic E-state index is 0.164. The number of anilines is 1. The highest BCUT2D eigenvalue weighted by Gasteiger charge is 2.23. The lowest BCUT2D eigenvalue weighted by Crippen LogP contribution is -2.40. The first kappa shape index (κ1) is 16.2. The lowest BCUT2D eigenvalue weighted by atomic mass is 10.1. The number of aliphatic hydroxyl groups is 1. The van der Waals surface area contributed by atoms with Gasteiger partial charge < -0.3 is 14.7 Å². The zero-order valence-corrected chi connectivity index (χ0v) is 12.8. The van der Waals surface area contributed by atoms with Crippen molar-refractivity contribution in [1.29, 1.82) is 0 Å². The van der Waals surface area contributed by atoms with Crippen LogP contribution < -0.4 is 5.32 Å². The number of aliphatic hydroxyl groups excluding tert-OH is 1. The minimum atomic E-state index is -0.555. The van der Waals surface area contributed by atoms with Gasteiger partial charge in [0.2, 0.25) is 0 Å². The van der Waals surface area contributed by atoms with Crippen molar-refractivity contribution in [1.82, 2.24) is 9.88 Å². The van der Waals surface area contributed by atoms with E-state index in [9.17, 15) is 14.7 Å². The van der Waals surface area contributed by atoms with Gasteiger partial charge in [-0.05, 0) is 38.8 Å². The van der Waals surface area contributed by atoms with E-state index >= 15 is 0 Å². The minimum Gasteiger partial charge on any atom is -0.447 e. The van der Waals surface area contributed by atoms with Gasteiger partial charge in [0.1, 0.15) is 5.69 Å². The average molecular weight is 307 g/mol. The molecule has 0 unspecified atom stereocenters. The van der Waals surface area contributed by atoms with Gasteiger partial charge in [-0.1, -0.05) is 0 Å². The van der Waals surface area contributed by atoms with E-state index in [-0.39, 0.29) is 18.1 Å². The molecular formula is C15H21N3O4. The Hall–Kier alpha value is -2.15. The number of pyridine rings is 1. The number of amides is 2. The van der Waals surface area contributed by atoms with Crippen LogP contribution in [0.5, 0.6) is 0 Å². The van der Waals surface area contributed by atoms with E-state index in [1.807, 2.05) is 0 Å². The second-order valence-electron chi connectivity index (χ2n) is 5.53. The summed E-state index contributed by atoms with van der Waals surface area (Å²) in [6.45, 7) is 4.58. The predicted molar refractivity (Wildman–Crippen MR) is 80.6 cm³/mol. The molecule has 2 amide bonds. The first-order valence-corrected chi connectivity index (χ1v) is 7.36. The number of nitrogens with zero attached hydrogens (tertiary/aromatic N) is 2. The van der Waals surface area contributed by atoms with Crippen molar-refractivity contribution < 1.29 is 19.4 Å². The molecule has 0 saturated carbocycles. The highest BCUT2D eigenvalue weighted by atomic mass is 16.6. The largest absolute Gasteiger partial charge is 0.447 e. The SMILES string of the molecule is CC(C)OC(=O)Nc1ccc(C(=O)N2CCC(O)CC2)nc1. The number of hydrogen-bond donors (Lipinski definition) is 2. The summed E-state index contributed by atoms with van der Waals surface area (Å²) in [5.41, 5.74) is 0.787. The molecule has 2 rings (SSSR count). The molecule has 1 aliphatic rings. The Morgan fingerprint density at radius 1 is 1.36 bits per heavy atom. The molecule has 7 nitrogen and oxygen atoms in total. The van der Waals surface area contributed by atoms with E-state index in [4.69, 9.17) is 4.74 Å². The third kappa shape index (κ3) is 4.42. The van der Waals surface area contributed by atoms with Crippen LogP contribution in [0.15, 0.2) is 18.3 Å². The number of piperidine rings is 1. The van der Waals surface area contributed by atoms with Gasteiger partial charge in [0.25, 0.3) is 5.91 Å². The molecule has 2 heterocycles. The van der Waals surface area contributed by atoms with Crippen molar-refractivity contribution in [2.24, 2.45) is 0 Å². The van der Waals surface area contributed by atoms with E-state index < -0.39 is 6.09 Å². The molecule has 22 heavy (non-hydrogen) atoms. The molecule has 0 aliphatic carbocycles. The number of nitrogens with one attached hydrogen (secondary N) is 1. The molecule has 2 N–H and O–H groups in total. The molecule has 7 heteroatoms.